The van der Waals surface area contributed by atoms with Gasteiger partial charge in [-0.15, -0.1) is 11.3 Å². The fraction of sp³-hybridized carbons (Fsp3) is 0.172. The Balaban J connectivity index is 1.18. The minimum absolute atomic E-state index is 0.194. The molecule has 194 valence electrons. The second kappa shape index (κ2) is 11.7. The first-order chi connectivity index (χ1) is 18.4. The third-order valence-corrected chi connectivity index (χ3v) is 7.80. The van der Waals surface area contributed by atoms with Crippen LogP contribution in [0.4, 0.5) is 11.4 Å². The van der Waals surface area contributed by atoms with Crippen LogP contribution in [-0.2, 0) is 5.75 Å². The van der Waals surface area contributed by atoms with E-state index in [2.05, 4.69) is 20.2 Å². The van der Waals surface area contributed by atoms with Gasteiger partial charge in [-0.3, -0.25) is 4.79 Å². The standard InChI is InChI=1S/C29H29N5O2S2/c1-34(2)13-14-36-22-10-12-24-26(17-22)33-29(32-24)38-18-19-5-7-20(8-6-19)28(35)31-25-16-21(9-11-23(25)30)27-4-3-15-37-27/h3-12,15-17H,13-14,18,30H2,1-2H3,(H,31,35)(H,32,33). The van der Waals surface area contributed by atoms with Crippen molar-refractivity contribution >= 4 is 51.4 Å². The number of hydrogen-bond donors (Lipinski definition) is 3. The first-order valence-electron chi connectivity index (χ1n) is 12.2. The number of likely N-dealkylation sites (N-methyl/N-ethyl adjacent to an activating group) is 1. The summed E-state index contributed by atoms with van der Waals surface area (Å²) in [5.41, 5.74) is 11.8. The van der Waals surface area contributed by atoms with Crippen molar-refractivity contribution in [2.75, 3.05) is 38.3 Å². The van der Waals surface area contributed by atoms with Gasteiger partial charge >= 0.3 is 0 Å². The number of thiophene rings is 1. The second-order valence-corrected chi connectivity index (χ2v) is 11.0. The van der Waals surface area contributed by atoms with Gasteiger partial charge in [-0.1, -0.05) is 36.0 Å². The number of aromatic nitrogens is 2. The Labute approximate surface area is 230 Å². The molecule has 3 aromatic carbocycles. The lowest BCUT2D eigenvalue weighted by Crippen LogP contribution is -2.19. The average molecular weight is 544 g/mol. The van der Waals surface area contributed by atoms with Crippen molar-refractivity contribution in [1.29, 1.82) is 0 Å². The molecular formula is C29H29N5O2S2. The summed E-state index contributed by atoms with van der Waals surface area (Å²) in [6.07, 6.45) is 0. The molecule has 0 saturated carbocycles. The number of aromatic amines is 1. The number of hydrogen-bond acceptors (Lipinski definition) is 7. The number of fused-ring (bicyclic) bond motifs is 1. The monoisotopic (exact) mass is 543 g/mol. The molecule has 9 heteroatoms. The number of nitrogen functional groups attached to an aromatic ring is 1. The number of ether oxygens (including phenoxy) is 1. The third kappa shape index (κ3) is 6.36. The lowest BCUT2D eigenvalue weighted by molar-refractivity contribution is 0.102. The molecular weight excluding hydrogens is 514 g/mol. The first-order valence-corrected chi connectivity index (χ1v) is 14.0. The van der Waals surface area contributed by atoms with Gasteiger partial charge in [0, 0.05) is 28.8 Å². The zero-order chi connectivity index (χ0) is 26.5. The summed E-state index contributed by atoms with van der Waals surface area (Å²) in [7, 11) is 4.05. The first kappa shape index (κ1) is 25.8. The number of benzene rings is 3. The number of nitrogens with one attached hydrogen (secondary N) is 2. The van der Waals surface area contributed by atoms with E-state index in [0.29, 0.717) is 23.5 Å². The molecule has 0 atom stereocenters. The Morgan fingerprint density at radius 3 is 2.71 bits per heavy atom. The minimum Gasteiger partial charge on any atom is -0.492 e. The van der Waals surface area contributed by atoms with Gasteiger partial charge < -0.3 is 25.7 Å². The molecule has 4 N–H and O–H groups in total. The fourth-order valence-corrected chi connectivity index (χ4v) is 5.39. The van der Waals surface area contributed by atoms with Crippen LogP contribution in [-0.4, -0.2) is 48.0 Å². The van der Waals surface area contributed by atoms with Crippen molar-refractivity contribution in [3.8, 4) is 16.2 Å². The molecule has 0 aliphatic carbocycles. The summed E-state index contributed by atoms with van der Waals surface area (Å²) in [5.74, 6) is 1.36. The maximum Gasteiger partial charge on any atom is 0.255 e. The summed E-state index contributed by atoms with van der Waals surface area (Å²) >= 11 is 3.26. The molecule has 0 aliphatic rings. The molecule has 1 amide bonds. The average Bonchev–Trinajstić information content (AvgIpc) is 3.59. The summed E-state index contributed by atoms with van der Waals surface area (Å²) in [6.45, 7) is 1.50. The maximum atomic E-state index is 12.9. The highest BCUT2D eigenvalue weighted by Gasteiger charge is 2.11. The molecule has 0 aliphatic heterocycles. The van der Waals surface area contributed by atoms with E-state index in [-0.39, 0.29) is 5.91 Å². The number of carbonyl (C=O) groups excluding carboxylic acids is 1. The summed E-state index contributed by atoms with van der Waals surface area (Å²) in [5, 5.41) is 5.82. The lowest BCUT2D eigenvalue weighted by Gasteiger charge is -2.10. The summed E-state index contributed by atoms with van der Waals surface area (Å²) in [4.78, 5) is 24.1. The molecule has 0 fully saturated rings. The molecule has 0 spiro atoms. The van der Waals surface area contributed by atoms with Crippen LogP contribution in [0.3, 0.4) is 0 Å². The Hall–Kier alpha value is -3.79. The number of carbonyl (C=O) groups is 1. The number of amides is 1. The normalized spacial score (nSPS) is 11.2. The number of rotatable bonds is 10. The van der Waals surface area contributed by atoms with E-state index in [0.717, 1.165) is 50.2 Å². The molecule has 38 heavy (non-hydrogen) atoms. The van der Waals surface area contributed by atoms with E-state index in [4.69, 9.17) is 10.5 Å². The summed E-state index contributed by atoms with van der Waals surface area (Å²) in [6, 6.07) is 23.2. The largest absolute Gasteiger partial charge is 0.492 e. The lowest BCUT2D eigenvalue weighted by atomic mass is 10.1. The van der Waals surface area contributed by atoms with Gasteiger partial charge in [-0.05, 0) is 73.1 Å². The molecule has 0 bridgehead atoms. The Morgan fingerprint density at radius 1 is 1.11 bits per heavy atom. The molecule has 5 rings (SSSR count). The van der Waals surface area contributed by atoms with Gasteiger partial charge in [0.1, 0.15) is 12.4 Å². The van der Waals surface area contributed by atoms with Crippen LogP contribution in [0, 0.1) is 0 Å². The molecule has 2 aromatic heterocycles. The molecule has 5 aromatic rings. The zero-order valence-electron chi connectivity index (χ0n) is 21.2. The van der Waals surface area contributed by atoms with Crippen LogP contribution < -0.4 is 15.8 Å². The van der Waals surface area contributed by atoms with Crippen molar-refractivity contribution in [2.24, 2.45) is 0 Å². The number of thioether (sulfide) groups is 1. The van der Waals surface area contributed by atoms with E-state index in [1.165, 1.54) is 0 Å². The van der Waals surface area contributed by atoms with Crippen molar-refractivity contribution in [3.05, 3.63) is 89.3 Å². The molecule has 2 heterocycles. The second-order valence-electron chi connectivity index (χ2n) is 9.09. The van der Waals surface area contributed by atoms with Gasteiger partial charge in [-0.25, -0.2) is 4.98 Å². The molecule has 0 radical (unpaired) electrons. The van der Waals surface area contributed by atoms with E-state index in [1.807, 2.05) is 92.3 Å². The zero-order valence-corrected chi connectivity index (χ0v) is 22.9. The van der Waals surface area contributed by atoms with Crippen LogP contribution in [0.2, 0.25) is 0 Å². The third-order valence-electron chi connectivity index (χ3n) is 5.94. The van der Waals surface area contributed by atoms with Gasteiger partial charge in [0.15, 0.2) is 5.16 Å². The SMILES string of the molecule is CN(C)CCOc1ccc2nc(SCc3ccc(C(=O)Nc4cc(-c5cccs5)ccc4N)cc3)[nH]c2c1. The quantitative estimate of drug-likeness (QED) is 0.140. The van der Waals surface area contributed by atoms with Gasteiger partial charge in [0.25, 0.3) is 5.91 Å². The predicted molar refractivity (Wildman–Crippen MR) is 158 cm³/mol. The van der Waals surface area contributed by atoms with Crippen molar-refractivity contribution in [2.45, 2.75) is 10.9 Å². The van der Waals surface area contributed by atoms with Gasteiger partial charge in [0.2, 0.25) is 0 Å². The number of H-pyrrole nitrogens is 1. The predicted octanol–water partition coefficient (Wildman–Crippen LogP) is 6.36. The fourth-order valence-electron chi connectivity index (χ4n) is 3.83. The van der Waals surface area contributed by atoms with Crippen molar-refractivity contribution in [1.82, 2.24) is 14.9 Å². The van der Waals surface area contributed by atoms with Crippen LogP contribution >= 0.6 is 23.1 Å². The number of nitrogens with two attached hydrogens (primary N) is 1. The van der Waals surface area contributed by atoms with Crippen LogP contribution in [0.15, 0.2) is 83.3 Å². The highest BCUT2D eigenvalue weighted by Crippen LogP contribution is 2.31. The highest BCUT2D eigenvalue weighted by molar-refractivity contribution is 7.98. The van der Waals surface area contributed by atoms with E-state index < -0.39 is 0 Å². The number of imidazole rings is 1. The smallest absolute Gasteiger partial charge is 0.255 e. The minimum atomic E-state index is -0.194. The topological polar surface area (TPSA) is 96.3 Å². The maximum absolute atomic E-state index is 12.9. The highest BCUT2D eigenvalue weighted by atomic mass is 32.2. The molecule has 7 nitrogen and oxygen atoms in total. The van der Waals surface area contributed by atoms with E-state index in [9.17, 15) is 4.79 Å². The van der Waals surface area contributed by atoms with E-state index >= 15 is 0 Å². The molecule has 0 saturated heterocycles. The Morgan fingerprint density at radius 2 is 1.95 bits per heavy atom. The van der Waals surface area contributed by atoms with Crippen molar-refractivity contribution in [3.63, 3.8) is 0 Å². The number of anilines is 2. The van der Waals surface area contributed by atoms with Crippen LogP contribution in [0.25, 0.3) is 21.5 Å². The van der Waals surface area contributed by atoms with Gasteiger partial charge in [-0.2, -0.15) is 0 Å². The van der Waals surface area contributed by atoms with Gasteiger partial charge in [0.05, 0.1) is 22.4 Å². The Bertz CT molecular complexity index is 1530. The van der Waals surface area contributed by atoms with Crippen LogP contribution in [0.5, 0.6) is 5.75 Å². The van der Waals surface area contributed by atoms with Crippen LogP contribution in [0.1, 0.15) is 15.9 Å². The Kier molecular flexibility index (Phi) is 7.97. The van der Waals surface area contributed by atoms with Crippen molar-refractivity contribution < 1.29 is 9.53 Å². The van der Waals surface area contributed by atoms with E-state index in [1.54, 1.807) is 23.1 Å². The summed E-state index contributed by atoms with van der Waals surface area (Å²) < 4.78 is 5.83. The number of nitrogens with zero attached hydrogens (tertiary/aromatic N) is 2. The molecule has 0 unspecified atom stereocenters.